The summed E-state index contributed by atoms with van der Waals surface area (Å²) in [6.07, 6.45) is 3.03. The van der Waals surface area contributed by atoms with E-state index in [0.717, 1.165) is 19.3 Å². The van der Waals surface area contributed by atoms with Crippen LogP contribution in [0.15, 0.2) is 18.2 Å². The van der Waals surface area contributed by atoms with Crippen molar-refractivity contribution in [3.8, 4) is 0 Å². The number of halogens is 2. The summed E-state index contributed by atoms with van der Waals surface area (Å²) in [6, 6.07) is 4.98. The van der Waals surface area contributed by atoms with Crippen LogP contribution < -0.4 is 10.6 Å². The Hall–Kier alpha value is -1.13. The summed E-state index contributed by atoms with van der Waals surface area (Å²) in [6.45, 7) is 0. The first-order valence-electron chi connectivity index (χ1n) is 6.15. The Balaban J connectivity index is 1.71. The minimum Gasteiger partial charge on any atom is -0.323 e. The maximum Gasteiger partial charge on any atom is 0.229 e. The summed E-state index contributed by atoms with van der Waals surface area (Å²) in [5, 5.41) is 6.37. The fourth-order valence-corrected chi connectivity index (χ4v) is 3.09. The third-order valence-corrected chi connectivity index (χ3v) is 4.06. The van der Waals surface area contributed by atoms with Gasteiger partial charge >= 0.3 is 0 Å². The lowest BCUT2D eigenvalue weighted by Crippen LogP contribution is -2.33. The summed E-state index contributed by atoms with van der Waals surface area (Å²) in [7, 11) is 0. The van der Waals surface area contributed by atoms with Gasteiger partial charge in [-0.15, -0.1) is 0 Å². The van der Waals surface area contributed by atoms with Crippen LogP contribution in [0.25, 0.3) is 0 Å². The number of hydrogen-bond donors (Lipinski definition) is 2. The van der Waals surface area contributed by atoms with E-state index in [2.05, 4.69) is 10.6 Å². The zero-order valence-electron chi connectivity index (χ0n) is 9.75. The van der Waals surface area contributed by atoms with Crippen molar-refractivity contribution in [1.29, 1.82) is 0 Å². The lowest BCUT2D eigenvalue weighted by molar-refractivity contribution is -0.120. The van der Waals surface area contributed by atoms with Crippen LogP contribution in [0.5, 0.6) is 0 Å². The van der Waals surface area contributed by atoms with Gasteiger partial charge in [0.25, 0.3) is 0 Å². The van der Waals surface area contributed by atoms with E-state index in [1.807, 2.05) is 0 Å². The Morgan fingerprint density at radius 2 is 2.28 bits per heavy atom. The highest BCUT2D eigenvalue weighted by molar-refractivity contribution is 6.30. The maximum atomic E-state index is 13.6. The highest BCUT2D eigenvalue weighted by atomic mass is 35.5. The second kappa shape index (κ2) is 4.52. The molecule has 96 valence electrons. The SMILES string of the molecule is O=C(Nc1ccc(Cl)cc1F)C1CC2CCC1N2. The molecule has 2 N–H and O–H groups in total. The molecule has 18 heavy (non-hydrogen) atoms. The Morgan fingerprint density at radius 1 is 1.44 bits per heavy atom. The van der Waals surface area contributed by atoms with Gasteiger partial charge in [-0.2, -0.15) is 0 Å². The Kier molecular flexibility index (Phi) is 2.99. The number of nitrogens with one attached hydrogen (secondary N) is 2. The van der Waals surface area contributed by atoms with Gasteiger partial charge in [-0.05, 0) is 37.5 Å². The molecule has 0 spiro atoms. The standard InChI is InChI=1S/C13H14ClFN2O/c14-7-1-3-12(10(15)5-7)17-13(18)9-6-8-2-4-11(9)16-8/h1,3,5,8-9,11,16H,2,4,6H2,(H,17,18). The van der Waals surface area contributed by atoms with Crippen molar-refractivity contribution in [2.45, 2.75) is 31.3 Å². The van der Waals surface area contributed by atoms with Crippen LogP contribution in [0.3, 0.4) is 0 Å². The molecule has 1 aromatic carbocycles. The molecule has 3 unspecified atom stereocenters. The topological polar surface area (TPSA) is 41.1 Å². The van der Waals surface area contributed by atoms with Gasteiger partial charge in [-0.3, -0.25) is 4.79 Å². The number of rotatable bonds is 2. The van der Waals surface area contributed by atoms with Crippen LogP contribution in [-0.4, -0.2) is 18.0 Å². The summed E-state index contributed by atoms with van der Waals surface area (Å²) >= 11 is 5.67. The minimum atomic E-state index is -0.494. The molecule has 3 rings (SSSR count). The lowest BCUT2D eigenvalue weighted by atomic mass is 9.88. The molecule has 2 heterocycles. The van der Waals surface area contributed by atoms with Gasteiger partial charge in [-0.25, -0.2) is 4.39 Å². The normalized spacial score (nSPS) is 29.6. The van der Waals surface area contributed by atoms with Crippen LogP contribution in [-0.2, 0) is 4.79 Å². The number of amides is 1. The Bertz CT molecular complexity index is 494. The third-order valence-electron chi connectivity index (χ3n) is 3.83. The van der Waals surface area contributed by atoms with Crippen molar-refractivity contribution in [1.82, 2.24) is 5.32 Å². The highest BCUT2D eigenvalue weighted by Gasteiger charge is 2.42. The third kappa shape index (κ3) is 2.10. The van der Waals surface area contributed by atoms with E-state index in [4.69, 9.17) is 11.6 Å². The molecule has 2 saturated heterocycles. The van der Waals surface area contributed by atoms with Crippen LogP contribution in [0.2, 0.25) is 5.02 Å². The van der Waals surface area contributed by atoms with Crippen LogP contribution in [0, 0.1) is 11.7 Å². The summed E-state index contributed by atoms with van der Waals surface area (Å²) in [5.74, 6) is -0.637. The van der Waals surface area contributed by atoms with Gasteiger partial charge in [0.15, 0.2) is 0 Å². The average Bonchev–Trinajstić information content (AvgIpc) is 2.94. The Labute approximate surface area is 110 Å². The van der Waals surface area contributed by atoms with Crippen molar-refractivity contribution in [2.75, 3.05) is 5.32 Å². The largest absolute Gasteiger partial charge is 0.323 e. The molecule has 0 radical (unpaired) electrons. The number of carbonyl (C=O) groups is 1. The molecule has 3 atom stereocenters. The number of fused-ring (bicyclic) bond motifs is 2. The first-order chi connectivity index (χ1) is 8.63. The van der Waals surface area contributed by atoms with Crippen LogP contribution >= 0.6 is 11.6 Å². The first-order valence-corrected chi connectivity index (χ1v) is 6.53. The Morgan fingerprint density at radius 3 is 2.89 bits per heavy atom. The number of anilines is 1. The molecule has 0 aromatic heterocycles. The maximum absolute atomic E-state index is 13.6. The first kappa shape index (κ1) is 11.9. The second-order valence-corrected chi connectivity index (χ2v) is 5.44. The molecular weight excluding hydrogens is 255 g/mol. The predicted molar refractivity (Wildman–Crippen MR) is 68.1 cm³/mol. The van der Waals surface area contributed by atoms with E-state index >= 15 is 0 Å². The summed E-state index contributed by atoms with van der Waals surface area (Å²) in [5.41, 5.74) is 0.201. The zero-order chi connectivity index (χ0) is 12.7. The molecule has 5 heteroatoms. The minimum absolute atomic E-state index is 0.0428. The molecule has 2 aliphatic heterocycles. The fourth-order valence-electron chi connectivity index (χ4n) is 2.93. The molecular formula is C13H14ClFN2O. The number of benzene rings is 1. The van der Waals surface area contributed by atoms with E-state index < -0.39 is 5.82 Å². The summed E-state index contributed by atoms with van der Waals surface area (Å²) in [4.78, 5) is 12.1. The lowest BCUT2D eigenvalue weighted by Gasteiger charge is -2.19. The van der Waals surface area contributed by atoms with E-state index in [1.165, 1.54) is 12.1 Å². The highest BCUT2D eigenvalue weighted by Crippen LogP contribution is 2.34. The van der Waals surface area contributed by atoms with Gasteiger partial charge < -0.3 is 10.6 Å². The quantitative estimate of drug-likeness (QED) is 0.866. The zero-order valence-corrected chi connectivity index (χ0v) is 10.5. The molecule has 1 aromatic rings. The molecule has 0 saturated carbocycles. The molecule has 2 bridgehead atoms. The number of hydrogen-bond acceptors (Lipinski definition) is 2. The van der Waals surface area contributed by atoms with E-state index in [9.17, 15) is 9.18 Å². The van der Waals surface area contributed by atoms with Crippen molar-refractivity contribution >= 4 is 23.2 Å². The molecule has 3 nitrogen and oxygen atoms in total. The predicted octanol–water partition coefficient (Wildman–Crippen LogP) is 2.56. The molecule has 2 fully saturated rings. The number of carbonyl (C=O) groups excluding carboxylic acids is 1. The van der Waals surface area contributed by atoms with Crippen LogP contribution in [0.1, 0.15) is 19.3 Å². The van der Waals surface area contributed by atoms with Crippen molar-refractivity contribution < 1.29 is 9.18 Å². The van der Waals surface area contributed by atoms with Gasteiger partial charge in [0, 0.05) is 17.1 Å². The molecule has 0 aliphatic carbocycles. The molecule has 2 aliphatic rings. The van der Waals surface area contributed by atoms with Gasteiger partial charge in [-0.1, -0.05) is 11.6 Å². The van der Waals surface area contributed by atoms with Crippen molar-refractivity contribution in [3.63, 3.8) is 0 Å². The van der Waals surface area contributed by atoms with E-state index in [0.29, 0.717) is 11.1 Å². The monoisotopic (exact) mass is 268 g/mol. The van der Waals surface area contributed by atoms with Gasteiger partial charge in [0.05, 0.1) is 11.6 Å². The smallest absolute Gasteiger partial charge is 0.229 e. The average molecular weight is 269 g/mol. The summed E-state index contributed by atoms with van der Waals surface area (Å²) < 4.78 is 13.6. The fraction of sp³-hybridized carbons (Fsp3) is 0.462. The van der Waals surface area contributed by atoms with Crippen molar-refractivity contribution in [3.05, 3.63) is 29.0 Å². The van der Waals surface area contributed by atoms with Crippen LogP contribution in [0.4, 0.5) is 10.1 Å². The van der Waals surface area contributed by atoms with Gasteiger partial charge in [0.2, 0.25) is 5.91 Å². The van der Waals surface area contributed by atoms with Gasteiger partial charge in [0.1, 0.15) is 5.82 Å². The van der Waals surface area contributed by atoms with E-state index in [1.54, 1.807) is 6.07 Å². The second-order valence-electron chi connectivity index (χ2n) is 5.00. The van der Waals surface area contributed by atoms with Crippen molar-refractivity contribution in [2.24, 2.45) is 5.92 Å². The molecule has 1 amide bonds. The van der Waals surface area contributed by atoms with E-state index in [-0.39, 0.29) is 23.6 Å².